The summed E-state index contributed by atoms with van der Waals surface area (Å²) in [6, 6.07) is 3.08. The molecule has 2 aromatic rings. The quantitative estimate of drug-likeness (QED) is 0.738. The SMILES string of the molecule is COC(=O)N1CCC(c2noc(-c3cc(F)c(C=N)c(NC4COC4)c3)n2)CC1. The molecule has 1 aromatic heterocycles. The molecule has 4 rings (SSSR count). The predicted molar refractivity (Wildman–Crippen MR) is 102 cm³/mol. The third-order valence-corrected chi connectivity index (χ3v) is 5.25. The van der Waals surface area contributed by atoms with Gasteiger partial charge in [0.15, 0.2) is 5.82 Å². The molecule has 0 unspecified atom stereocenters. The van der Waals surface area contributed by atoms with Crippen LogP contribution in [0.15, 0.2) is 16.7 Å². The highest BCUT2D eigenvalue weighted by molar-refractivity contribution is 5.88. The molecule has 29 heavy (non-hydrogen) atoms. The molecule has 2 aliphatic heterocycles. The van der Waals surface area contributed by atoms with Crippen LogP contribution in [0.5, 0.6) is 0 Å². The summed E-state index contributed by atoms with van der Waals surface area (Å²) in [5.41, 5.74) is 1.12. The second-order valence-electron chi connectivity index (χ2n) is 7.13. The van der Waals surface area contributed by atoms with Crippen molar-refractivity contribution in [1.29, 1.82) is 5.41 Å². The molecule has 2 saturated heterocycles. The van der Waals surface area contributed by atoms with Gasteiger partial charge in [-0.2, -0.15) is 4.98 Å². The molecule has 0 bridgehead atoms. The summed E-state index contributed by atoms with van der Waals surface area (Å²) in [5.74, 6) is 0.289. The second-order valence-corrected chi connectivity index (χ2v) is 7.13. The summed E-state index contributed by atoms with van der Waals surface area (Å²) in [4.78, 5) is 17.7. The molecule has 1 aromatic carbocycles. The van der Waals surface area contributed by atoms with Gasteiger partial charge in [-0.05, 0) is 25.0 Å². The van der Waals surface area contributed by atoms with Crippen molar-refractivity contribution in [2.24, 2.45) is 0 Å². The van der Waals surface area contributed by atoms with Gasteiger partial charge in [-0.1, -0.05) is 5.16 Å². The Bertz CT molecular complexity index is 906. The Morgan fingerprint density at radius 2 is 2.14 bits per heavy atom. The van der Waals surface area contributed by atoms with Crippen molar-refractivity contribution in [3.63, 3.8) is 0 Å². The average molecular weight is 403 g/mol. The number of ether oxygens (including phenoxy) is 2. The molecule has 2 aliphatic rings. The van der Waals surface area contributed by atoms with Gasteiger partial charge in [-0.15, -0.1) is 0 Å². The van der Waals surface area contributed by atoms with Crippen molar-refractivity contribution in [2.45, 2.75) is 24.8 Å². The molecule has 2 N–H and O–H groups in total. The molecule has 0 saturated carbocycles. The van der Waals surface area contributed by atoms with E-state index in [1.54, 1.807) is 11.0 Å². The molecule has 0 radical (unpaired) electrons. The number of carbonyl (C=O) groups excluding carboxylic acids is 1. The van der Waals surface area contributed by atoms with Crippen molar-refractivity contribution < 1.29 is 23.2 Å². The van der Waals surface area contributed by atoms with E-state index >= 15 is 0 Å². The van der Waals surface area contributed by atoms with E-state index in [2.05, 4.69) is 15.5 Å². The number of aromatic nitrogens is 2. The van der Waals surface area contributed by atoms with Crippen LogP contribution in [0.3, 0.4) is 0 Å². The standard InChI is InChI=1S/C19H22FN5O4/c1-27-19(26)25-4-2-11(3-5-25)17-23-18(29-24-17)12-6-15(20)14(8-21)16(7-12)22-13-9-28-10-13/h6-8,11,13,21-22H,2-5,9-10H2,1H3. The molecule has 0 aliphatic carbocycles. The van der Waals surface area contributed by atoms with Gasteiger partial charge in [0.25, 0.3) is 5.89 Å². The molecule has 3 heterocycles. The minimum atomic E-state index is -0.536. The minimum Gasteiger partial charge on any atom is -0.453 e. The number of piperidine rings is 1. The highest BCUT2D eigenvalue weighted by atomic mass is 19.1. The zero-order chi connectivity index (χ0) is 20.4. The van der Waals surface area contributed by atoms with E-state index in [1.807, 2.05) is 0 Å². The predicted octanol–water partition coefficient (Wildman–Crippen LogP) is 2.63. The summed E-state index contributed by atoms with van der Waals surface area (Å²) in [6.45, 7) is 2.19. The first-order chi connectivity index (χ1) is 14.1. The topological polar surface area (TPSA) is 114 Å². The lowest BCUT2D eigenvalue weighted by Gasteiger charge is -2.29. The zero-order valence-electron chi connectivity index (χ0n) is 16.0. The number of rotatable bonds is 5. The number of nitrogens with one attached hydrogen (secondary N) is 2. The smallest absolute Gasteiger partial charge is 0.409 e. The van der Waals surface area contributed by atoms with Crippen molar-refractivity contribution >= 4 is 18.0 Å². The second kappa shape index (κ2) is 8.16. The first kappa shape index (κ1) is 19.3. The average Bonchev–Trinajstić information content (AvgIpc) is 3.20. The van der Waals surface area contributed by atoms with Crippen molar-refractivity contribution in [3.8, 4) is 11.5 Å². The van der Waals surface area contributed by atoms with E-state index in [1.165, 1.54) is 13.2 Å². The van der Waals surface area contributed by atoms with E-state index in [9.17, 15) is 9.18 Å². The Balaban J connectivity index is 1.52. The van der Waals surface area contributed by atoms with Gasteiger partial charge in [-0.25, -0.2) is 9.18 Å². The molecule has 9 nitrogen and oxygen atoms in total. The number of halogens is 1. The van der Waals surface area contributed by atoms with Crippen LogP contribution < -0.4 is 5.32 Å². The highest BCUT2D eigenvalue weighted by Gasteiger charge is 2.28. The van der Waals surface area contributed by atoms with Crippen LogP contribution in [-0.4, -0.2) is 66.8 Å². The summed E-state index contributed by atoms with van der Waals surface area (Å²) in [7, 11) is 1.36. The lowest BCUT2D eigenvalue weighted by molar-refractivity contribution is 0.0211. The fraction of sp³-hybridized carbons (Fsp3) is 0.474. The maximum absolute atomic E-state index is 14.5. The number of amides is 1. The molecule has 0 atom stereocenters. The number of hydrogen-bond acceptors (Lipinski definition) is 8. The van der Waals surface area contributed by atoms with E-state index in [0.29, 0.717) is 56.2 Å². The Hall–Kier alpha value is -3.01. The summed E-state index contributed by atoms with van der Waals surface area (Å²) >= 11 is 0. The Morgan fingerprint density at radius 1 is 1.38 bits per heavy atom. The largest absolute Gasteiger partial charge is 0.453 e. The zero-order valence-corrected chi connectivity index (χ0v) is 16.0. The van der Waals surface area contributed by atoms with Crippen molar-refractivity contribution in [2.75, 3.05) is 38.7 Å². The van der Waals surface area contributed by atoms with Crippen LogP contribution in [-0.2, 0) is 9.47 Å². The number of methoxy groups -OCH3 is 1. The number of hydrogen-bond donors (Lipinski definition) is 2. The fourth-order valence-corrected chi connectivity index (χ4v) is 3.51. The van der Waals surface area contributed by atoms with Gasteiger partial charge in [-0.3, -0.25) is 0 Å². The van der Waals surface area contributed by atoms with Gasteiger partial charge >= 0.3 is 6.09 Å². The van der Waals surface area contributed by atoms with E-state index < -0.39 is 5.82 Å². The van der Waals surface area contributed by atoms with Crippen LogP contribution in [0.2, 0.25) is 0 Å². The minimum absolute atomic E-state index is 0.0591. The number of carbonyl (C=O) groups is 1. The third-order valence-electron chi connectivity index (χ3n) is 5.25. The Morgan fingerprint density at radius 3 is 2.76 bits per heavy atom. The normalized spacial score (nSPS) is 17.7. The van der Waals surface area contributed by atoms with Gasteiger partial charge < -0.3 is 29.6 Å². The molecule has 2 fully saturated rings. The molecule has 10 heteroatoms. The first-order valence-electron chi connectivity index (χ1n) is 9.44. The van der Waals surface area contributed by atoms with Gasteiger partial charge in [0, 0.05) is 36.5 Å². The fourth-order valence-electron chi connectivity index (χ4n) is 3.51. The molecule has 0 spiro atoms. The van der Waals surface area contributed by atoms with Crippen molar-refractivity contribution in [3.05, 3.63) is 29.3 Å². The van der Waals surface area contributed by atoms with Crippen LogP contribution >= 0.6 is 0 Å². The maximum Gasteiger partial charge on any atom is 0.409 e. The number of nitrogens with zero attached hydrogens (tertiary/aromatic N) is 3. The number of likely N-dealkylation sites (tertiary alicyclic amines) is 1. The van der Waals surface area contributed by atoms with E-state index in [-0.39, 0.29) is 29.5 Å². The monoisotopic (exact) mass is 403 g/mol. The maximum atomic E-state index is 14.5. The van der Waals surface area contributed by atoms with Crippen LogP contribution in [0.25, 0.3) is 11.5 Å². The molecular formula is C19H22FN5O4. The Labute approximate surface area is 166 Å². The van der Waals surface area contributed by atoms with Crippen LogP contribution in [0, 0.1) is 11.2 Å². The van der Waals surface area contributed by atoms with Crippen LogP contribution in [0.4, 0.5) is 14.9 Å². The van der Waals surface area contributed by atoms with Gasteiger partial charge in [0.2, 0.25) is 0 Å². The lowest BCUT2D eigenvalue weighted by Crippen LogP contribution is -2.40. The Kier molecular flexibility index (Phi) is 5.43. The summed E-state index contributed by atoms with van der Waals surface area (Å²) in [5, 5.41) is 14.7. The summed E-state index contributed by atoms with van der Waals surface area (Å²) in [6.07, 6.45) is 2.04. The van der Waals surface area contributed by atoms with Crippen molar-refractivity contribution in [1.82, 2.24) is 15.0 Å². The lowest BCUT2D eigenvalue weighted by atomic mass is 9.96. The number of anilines is 1. The molecule has 154 valence electrons. The molecular weight excluding hydrogens is 381 g/mol. The van der Waals surface area contributed by atoms with Crippen LogP contribution in [0.1, 0.15) is 30.1 Å². The first-order valence-corrected chi connectivity index (χ1v) is 9.44. The van der Waals surface area contributed by atoms with E-state index in [4.69, 9.17) is 19.4 Å². The highest BCUT2D eigenvalue weighted by Crippen LogP contribution is 2.31. The van der Waals surface area contributed by atoms with E-state index in [0.717, 1.165) is 6.21 Å². The van der Waals surface area contributed by atoms with Gasteiger partial charge in [0.05, 0.1) is 31.9 Å². The van der Waals surface area contributed by atoms with Gasteiger partial charge in [0.1, 0.15) is 5.82 Å². The summed E-state index contributed by atoms with van der Waals surface area (Å²) < 4.78 is 29.8. The number of benzene rings is 1. The third kappa shape index (κ3) is 3.93. The molecule has 1 amide bonds.